The molecule has 0 aliphatic carbocycles. The van der Waals surface area contributed by atoms with E-state index in [1.807, 2.05) is 34.6 Å². The van der Waals surface area contributed by atoms with Crippen LogP contribution in [0.15, 0.2) is 24.3 Å². The van der Waals surface area contributed by atoms with Gasteiger partial charge in [0.2, 0.25) is 0 Å². The maximum atomic E-state index is 12.0. The Labute approximate surface area is 132 Å². The molecule has 0 radical (unpaired) electrons. The lowest BCUT2D eigenvalue weighted by molar-refractivity contribution is -0.130. The Bertz CT molecular complexity index is 514. The summed E-state index contributed by atoms with van der Waals surface area (Å²) in [5, 5.41) is 2.77. The smallest absolute Gasteiger partial charge is 0.338 e. The molecule has 0 unspecified atom stereocenters. The van der Waals surface area contributed by atoms with Gasteiger partial charge in [-0.15, -0.1) is 0 Å². The van der Waals surface area contributed by atoms with Gasteiger partial charge in [0, 0.05) is 5.54 Å². The van der Waals surface area contributed by atoms with E-state index < -0.39 is 12.1 Å². The van der Waals surface area contributed by atoms with E-state index in [0.717, 1.165) is 0 Å². The topological polar surface area (TPSA) is 64.6 Å². The molecule has 1 amide bonds. The molecular formula is C17H25NO4. The Morgan fingerprint density at radius 2 is 1.59 bits per heavy atom. The first kappa shape index (κ1) is 18.0. The summed E-state index contributed by atoms with van der Waals surface area (Å²) in [6, 6.07) is 6.65. The number of rotatable bonds is 5. The molecule has 0 heterocycles. The fourth-order valence-electron chi connectivity index (χ4n) is 1.70. The molecule has 0 saturated carbocycles. The van der Waals surface area contributed by atoms with E-state index in [4.69, 9.17) is 9.47 Å². The highest BCUT2D eigenvalue weighted by molar-refractivity contribution is 5.92. The van der Waals surface area contributed by atoms with Crippen molar-refractivity contribution in [1.82, 2.24) is 5.32 Å². The van der Waals surface area contributed by atoms with Crippen LogP contribution in [0.3, 0.4) is 0 Å². The van der Waals surface area contributed by atoms with Crippen LogP contribution in [0, 0.1) is 0 Å². The molecule has 0 aliphatic rings. The summed E-state index contributed by atoms with van der Waals surface area (Å²) in [7, 11) is 0. The molecule has 5 heteroatoms. The molecule has 1 aromatic carbocycles. The zero-order valence-electron chi connectivity index (χ0n) is 14.1. The summed E-state index contributed by atoms with van der Waals surface area (Å²) in [4.78, 5) is 23.9. The molecule has 122 valence electrons. The van der Waals surface area contributed by atoms with Crippen molar-refractivity contribution in [1.29, 1.82) is 0 Å². The maximum Gasteiger partial charge on any atom is 0.338 e. The summed E-state index contributed by atoms with van der Waals surface area (Å²) < 4.78 is 10.7. The second kappa shape index (κ2) is 7.29. The average Bonchev–Trinajstić information content (AvgIpc) is 2.36. The van der Waals surface area contributed by atoms with Crippen molar-refractivity contribution in [2.24, 2.45) is 0 Å². The van der Waals surface area contributed by atoms with Crippen LogP contribution in [0.4, 0.5) is 0 Å². The number of carbonyl (C=O) groups excluding carboxylic acids is 2. The SMILES string of the molecule is CC(C)Oc1ccc(C(=O)O[C@@H](C)C(=O)NC(C)(C)C)cc1. The minimum absolute atomic E-state index is 0.0684. The summed E-state index contributed by atoms with van der Waals surface area (Å²) in [6.07, 6.45) is -0.780. The fourth-order valence-corrected chi connectivity index (χ4v) is 1.70. The molecule has 5 nitrogen and oxygen atoms in total. The van der Waals surface area contributed by atoms with Crippen LogP contribution in [0.5, 0.6) is 5.75 Å². The lowest BCUT2D eigenvalue weighted by Crippen LogP contribution is -2.46. The largest absolute Gasteiger partial charge is 0.491 e. The fraction of sp³-hybridized carbons (Fsp3) is 0.529. The number of benzene rings is 1. The predicted octanol–water partition coefficient (Wildman–Crippen LogP) is 2.93. The Balaban J connectivity index is 2.63. The first-order valence-electron chi connectivity index (χ1n) is 7.38. The number of nitrogens with one attached hydrogen (secondary N) is 1. The zero-order chi connectivity index (χ0) is 16.9. The van der Waals surface area contributed by atoms with E-state index in [1.165, 1.54) is 0 Å². The molecule has 1 aromatic rings. The summed E-state index contributed by atoms with van der Waals surface area (Å²) >= 11 is 0. The van der Waals surface area contributed by atoms with Gasteiger partial charge in [-0.25, -0.2) is 4.79 Å². The lowest BCUT2D eigenvalue weighted by Gasteiger charge is -2.23. The van der Waals surface area contributed by atoms with E-state index in [1.54, 1.807) is 31.2 Å². The molecule has 0 aliphatic heterocycles. The summed E-state index contributed by atoms with van der Waals surface area (Å²) in [5.41, 5.74) is 0.0136. The summed E-state index contributed by atoms with van der Waals surface area (Å²) in [6.45, 7) is 11.0. The standard InChI is InChI=1S/C17H25NO4/c1-11(2)21-14-9-7-13(8-10-14)16(20)22-12(3)15(19)18-17(4,5)6/h7-12H,1-6H3,(H,18,19)/t12-/m0/s1. The molecule has 0 bridgehead atoms. The Morgan fingerprint density at radius 3 is 2.05 bits per heavy atom. The molecule has 1 N–H and O–H groups in total. The number of hydrogen-bond acceptors (Lipinski definition) is 4. The number of carbonyl (C=O) groups is 2. The van der Waals surface area contributed by atoms with Gasteiger partial charge in [0.05, 0.1) is 11.7 Å². The van der Waals surface area contributed by atoms with Crippen LogP contribution < -0.4 is 10.1 Å². The maximum absolute atomic E-state index is 12.0. The van der Waals surface area contributed by atoms with E-state index in [9.17, 15) is 9.59 Å². The van der Waals surface area contributed by atoms with Crippen LogP contribution in [0.2, 0.25) is 0 Å². The van der Waals surface area contributed by atoms with E-state index >= 15 is 0 Å². The Kier molecular flexibility index (Phi) is 5.97. The number of esters is 1. The highest BCUT2D eigenvalue weighted by atomic mass is 16.5. The zero-order valence-corrected chi connectivity index (χ0v) is 14.1. The third-order valence-corrected chi connectivity index (χ3v) is 2.61. The Hall–Kier alpha value is -2.04. The average molecular weight is 307 g/mol. The van der Waals surface area contributed by atoms with Crippen molar-refractivity contribution in [3.8, 4) is 5.75 Å². The van der Waals surface area contributed by atoms with Crippen LogP contribution in [-0.4, -0.2) is 29.6 Å². The van der Waals surface area contributed by atoms with E-state index in [-0.39, 0.29) is 17.6 Å². The quantitative estimate of drug-likeness (QED) is 0.849. The van der Waals surface area contributed by atoms with Gasteiger partial charge in [-0.3, -0.25) is 4.79 Å². The molecular weight excluding hydrogens is 282 g/mol. The lowest BCUT2D eigenvalue weighted by atomic mass is 10.1. The van der Waals surface area contributed by atoms with Gasteiger partial charge in [0.25, 0.3) is 5.91 Å². The van der Waals surface area contributed by atoms with Crippen molar-refractivity contribution < 1.29 is 19.1 Å². The van der Waals surface area contributed by atoms with Crippen molar-refractivity contribution in [2.75, 3.05) is 0 Å². The van der Waals surface area contributed by atoms with Crippen molar-refractivity contribution in [3.05, 3.63) is 29.8 Å². The first-order chi connectivity index (χ1) is 10.1. The van der Waals surface area contributed by atoms with Gasteiger partial charge in [0.1, 0.15) is 5.75 Å². The molecule has 0 saturated heterocycles. The van der Waals surface area contributed by atoms with Crippen LogP contribution in [-0.2, 0) is 9.53 Å². The first-order valence-corrected chi connectivity index (χ1v) is 7.38. The van der Waals surface area contributed by atoms with Gasteiger partial charge in [-0.05, 0) is 65.8 Å². The molecule has 0 aromatic heterocycles. The third kappa shape index (κ3) is 6.16. The van der Waals surface area contributed by atoms with Crippen LogP contribution in [0.25, 0.3) is 0 Å². The van der Waals surface area contributed by atoms with Crippen molar-refractivity contribution in [2.45, 2.75) is 59.3 Å². The second-order valence-corrected chi connectivity index (χ2v) is 6.48. The summed E-state index contributed by atoms with van der Waals surface area (Å²) in [5.74, 6) is -0.168. The monoisotopic (exact) mass is 307 g/mol. The second-order valence-electron chi connectivity index (χ2n) is 6.48. The van der Waals surface area contributed by atoms with Gasteiger partial charge < -0.3 is 14.8 Å². The van der Waals surface area contributed by atoms with Gasteiger partial charge in [0.15, 0.2) is 6.10 Å². The normalized spacial score (nSPS) is 12.7. The Morgan fingerprint density at radius 1 is 1.05 bits per heavy atom. The number of amides is 1. The number of hydrogen-bond donors (Lipinski definition) is 1. The number of ether oxygens (including phenoxy) is 2. The van der Waals surface area contributed by atoms with Crippen molar-refractivity contribution in [3.63, 3.8) is 0 Å². The van der Waals surface area contributed by atoms with Gasteiger partial charge in [-0.1, -0.05) is 0 Å². The molecule has 1 atom stereocenters. The molecule has 0 fully saturated rings. The minimum atomic E-state index is -0.849. The van der Waals surface area contributed by atoms with Crippen LogP contribution in [0.1, 0.15) is 51.9 Å². The minimum Gasteiger partial charge on any atom is -0.491 e. The highest BCUT2D eigenvalue weighted by Gasteiger charge is 2.22. The molecule has 1 rings (SSSR count). The van der Waals surface area contributed by atoms with E-state index in [0.29, 0.717) is 11.3 Å². The van der Waals surface area contributed by atoms with E-state index in [2.05, 4.69) is 5.32 Å². The molecule has 22 heavy (non-hydrogen) atoms. The third-order valence-electron chi connectivity index (χ3n) is 2.61. The molecule has 0 spiro atoms. The van der Waals surface area contributed by atoms with Crippen LogP contribution >= 0.6 is 0 Å². The van der Waals surface area contributed by atoms with Crippen molar-refractivity contribution >= 4 is 11.9 Å². The highest BCUT2D eigenvalue weighted by Crippen LogP contribution is 2.15. The van der Waals surface area contributed by atoms with Gasteiger partial charge in [-0.2, -0.15) is 0 Å². The predicted molar refractivity (Wildman–Crippen MR) is 85.0 cm³/mol. The van der Waals surface area contributed by atoms with Gasteiger partial charge >= 0.3 is 5.97 Å².